The first-order valence-electron chi connectivity index (χ1n) is 11.1. The van der Waals surface area contributed by atoms with Gasteiger partial charge in [0.1, 0.15) is 6.04 Å². The van der Waals surface area contributed by atoms with Crippen molar-refractivity contribution >= 4 is 21.8 Å². The Hall–Kier alpha value is -1.93. The number of sulfonamides is 1. The molecule has 3 unspecified atom stereocenters. The van der Waals surface area contributed by atoms with E-state index in [4.69, 9.17) is 0 Å². The second kappa shape index (κ2) is 8.67. The molecular weight excluding hydrogens is 402 g/mol. The lowest BCUT2D eigenvalue weighted by atomic mass is 9.84. The summed E-state index contributed by atoms with van der Waals surface area (Å²) in [4.78, 5) is 30.5. The van der Waals surface area contributed by atoms with Crippen molar-refractivity contribution in [1.82, 2.24) is 14.1 Å². The number of fused-ring (bicyclic) bond motifs is 1. The van der Waals surface area contributed by atoms with Crippen LogP contribution in [0.3, 0.4) is 0 Å². The normalized spacial score (nSPS) is 27.7. The van der Waals surface area contributed by atoms with E-state index in [0.29, 0.717) is 37.7 Å². The Balaban J connectivity index is 1.52. The summed E-state index contributed by atoms with van der Waals surface area (Å²) in [7, 11) is -3.24. The molecule has 2 aliphatic heterocycles. The van der Waals surface area contributed by atoms with E-state index in [9.17, 15) is 18.0 Å². The fourth-order valence-electron chi connectivity index (χ4n) is 5.28. The quantitative estimate of drug-likeness (QED) is 0.727. The fraction of sp³-hybridized carbons (Fsp3) is 0.636. The van der Waals surface area contributed by atoms with Gasteiger partial charge in [0.2, 0.25) is 15.9 Å². The Kier molecular flexibility index (Phi) is 6.16. The number of nitrogens with zero attached hydrogens (tertiary/aromatic N) is 3. The highest BCUT2D eigenvalue weighted by Crippen LogP contribution is 2.41. The lowest BCUT2D eigenvalue weighted by Gasteiger charge is -2.38. The SMILES string of the molecule is CCS(=O)(=O)N1CCN(C(=O)C2CC3CCCCC3N2C(=O)c2ccccc2)CC1. The maximum atomic E-state index is 13.5. The molecule has 7 nitrogen and oxygen atoms in total. The van der Waals surface area contributed by atoms with Gasteiger partial charge in [0.15, 0.2) is 0 Å². The largest absolute Gasteiger partial charge is 0.338 e. The molecule has 8 heteroatoms. The summed E-state index contributed by atoms with van der Waals surface area (Å²) in [5, 5.41) is 0. The van der Waals surface area contributed by atoms with E-state index in [1.54, 1.807) is 11.8 Å². The molecule has 2 heterocycles. The molecule has 0 spiro atoms. The molecule has 1 aromatic carbocycles. The maximum Gasteiger partial charge on any atom is 0.254 e. The molecule has 30 heavy (non-hydrogen) atoms. The summed E-state index contributed by atoms with van der Waals surface area (Å²) in [5.74, 6) is 0.367. The second-order valence-electron chi connectivity index (χ2n) is 8.57. The van der Waals surface area contributed by atoms with Gasteiger partial charge in [0, 0.05) is 37.8 Å². The Morgan fingerprint density at radius 1 is 1.00 bits per heavy atom. The van der Waals surface area contributed by atoms with Gasteiger partial charge in [-0.15, -0.1) is 0 Å². The number of piperazine rings is 1. The first kappa shape index (κ1) is 21.3. The lowest BCUT2D eigenvalue weighted by Crippen LogP contribution is -2.56. The zero-order valence-corrected chi connectivity index (χ0v) is 18.4. The molecule has 164 valence electrons. The van der Waals surface area contributed by atoms with E-state index >= 15 is 0 Å². The first-order valence-corrected chi connectivity index (χ1v) is 12.7. The molecule has 0 aromatic heterocycles. The molecule has 2 saturated heterocycles. The van der Waals surface area contributed by atoms with Gasteiger partial charge in [-0.1, -0.05) is 31.0 Å². The standard InChI is InChI=1S/C22H31N3O4S/c1-2-30(28,29)24-14-12-23(13-15-24)22(27)20-16-18-10-6-7-11-19(18)25(20)21(26)17-8-4-3-5-9-17/h3-5,8-9,18-20H,2,6-7,10-16H2,1H3. The average molecular weight is 434 g/mol. The van der Waals surface area contributed by atoms with E-state index in [-0.39, 0.29) is 23.6 Å². The van der Waals surface area contributed by atoms with Gasteiger partial charge in [0.05, 0.1) is 5.75 Å². The minimum Gasteiger partial charge on any atom is -0.338 e. The predicted molar refractivity (Wildman–Crippen MR) is 114 cm³/mol. The van der Waals surface area contributed by atoms with Crippen molar-refractivity contribution in [3.05, 3.63) is 35.9 Å². The number of hydrogen-bond acceptors (Lipinski definition) is 4. The Labute approximate surface area is 179 Å². The van der Waals surface area contributed by atoms with Crippen LogP contribution in [0.25, 0.3) is 0 Å². The average Bonchev–Trinajstić information content (AvgIpc) is 3.18. The summed E-state index contributed by atoms with van der Waals surface area (Å²) in [6, 6.07) is 8.90. The van der Waals surface area contributed by atoms with E-state index in [1.165, 1.54) is 4.31 Å². The van der Waals surface area contributed by atoms with Gasteiger partial charge in [-0.3, -0.25) is 9.59 Å². The van der Waals surface area contributed by atoms with Crippen LogP contribution in [0.5, 0.6) is 0 Å². The molecule has 3 aliphatic rings. The van der Waals surface area contributed by atoms with Gasteiger partial charge in [0.25, 0.3) is 5.91 Å². The predicted octanol–water partition coefficient (Wildman–Crippen LogP) is 1.95. The molecule has 0 N–H and O–H groups in total. The molecule has 0 bridgehead atoms. The number of likely N-dealkylation sites (tertiary alicyclic amines) is 1. The van der Waals surface area contributed by atoms with Crippen molar-refractivity contribution in [3.63, 3.8) is 0 Å². The van der Waals surface area contributed by atoms with E-state index in [1.807, 2.05) is 35.2 Å². The molecular formula is C22H31N3O4S. The third-order valence-electron chi connectivity index (χ3n) is 6.94. The summed E-state index contributed by atoms with van der Waals surface area (Å²) in [5.41, 5.74) is 0.625. The summed E-state index contributed by atoms with van der Waals surface area (Å²) < 4.78 is 25.7. The highest BCUT2D eigenvalue weighted by atomic mass is 32.2. The molecule has 1 aliphatic carbocycles. The van der Waals surface area contributed by atoms with Crippen LogP contribution in [0.2, 0.25) is 0 Å². The topological polar surface area (TPSA) is 78.0 Å². The second-order valence-corrected chi connectivity index (χ2v) is 10.8. The Morgan fingerprint density at radius 2 is 1.67 bits per heavy atom. The van der Waals surface area contributed by atoms with Crippen molar-refractivity contribution in [1.29, 1.82) is 0 Å². The van der Waals surface area contributed by atoms with Crippen LogP contribution in [0.1, 0.15) is 49.4 Å². The molecule has 3 fully saturated rings. The van der Waals surface area contributed by atoms with Crippen LogP contribution in [-0.2, 0) is 14.8 Å². The molecule has 4 rings (SSSR count). The van der Waals surface area contributed by atoms with Crippen molar-refractivity contribution in [3.8, 4) is 0 Å². The van der Waals surface area contributed by atoms with Gasteiger partial charge < -0.3 is 9.80 Å². The fourth-order valence-corrected chi connectivity index (χ4v) is 6.37. The van der Waals surface area contributed by atoms with Crippen LogP contribution in [-0.4, -0.2) is 78.4 Å². The lowest BCUT2D eigenvalue weighted by molar-refractivity contribution is -0.136. The Morgan fingerprint density at radius 3 is 2.33 bits per heavy atom. The van der Waals surface area contributed by atoms with Gasteiger partial charge >= 0.3 is 0 Å². The number of amides is 2. The van der Waals surface area contributed by atoms with E-state index in [0.717, 1.165) is 32.1 Å². The van der Waals surface area contributed by atoms with Crippen molar-refractivity contribution in [2.24, 2.45) is 5.92 Å². The smallest absolute Gasteiger partial charge is 0.254 e. The molecule has 1 saturated carbocycles. The van der Waals surface area contributed by atoms with Crippen LogP contribution in [0, 0.1) is 5.92 Å². The minimum atomic E-state index is -3.24. The van der Waals surface area contributed by atoms with Crippen molar-refractivity contribution in [2.45, 2.75) is 51.1 Å². The van der Waals surface area contributed by atoms with Crippen LogP contribution in [0.15, 0.2) is 30.3 Å². The molecule has 1 aromatic rings. The van der Waals surface area contributed by atoms with Crippen LogP contribution < -0.4 is 0 Å². The number of carbonyl (C=O) groups is 2. The monoisotopic (exact) mass is 433 g/mol. The summed E-state index contributed by atoms with van der Waals surface area (Å²) in [6.07, 6.45) is 4.98. The third kappa shape index (κ3) is 3.99. The van der Waals surface area contributed by atoms with Crippen molar-refractivity contribution < 1.29 is 18.0 Å². The highest BCUT2D eigenvalue weighted by molar-refractivity contribution is 7.89. The number of hydrogen-bond donors (Lipinski definition) is 0. The maximum absolute atomic E-state index is 13.5. The highest BCUT2D eigenvalue weighted by Gasteiger charge is 2.48. The molecule has 0 radical (unpaired) electrons. The van der Waals surface area contributed by atoms with E-state index < -0.39 is 16.1 Å². The van der Waals surface area contributed by atoms with E-state index in [2.05, 4.69) is 0 Å². The number of benzene rings is 1. The van der Waals surface area contributed by atoms with Gasteiger partial charge in [-0.25, -0.2) is 8.42 Å². The van der Waals surface area contributed by atoms with Crippen LogP contribution in [0.4, 0.5) is 0 Å². The molecule has 2 amide bonds. The molecule has 3 atom stereocenters. The first-order chi connectivity index (χ1) is 14.4. The third-order valence-corrected chi connectivity index (χ3v) is 8.82. The Bertz CT molecular complexity index is 881. The van der Waals surface area contributed by atoms with Gasteiger partial charge in [-0.05, 0) is 44.2 Å². The van der Waals surface area contributed by atoms with Crippen molar-refractivity contribution in [2.75, 3.05) is 31.9 Å². The zero-order valence-electron chi connectivity index (χ0n) is 17.6. The summed E-state index contributed by atoms with van der Waals surface area (Å²) >= 11 is 0. The van der Waals surface area contributed by atoms with Gasteiger partial charge in [-0.2, -0.15) is 4.31 Å². The number of rotatable bonds is 4. The number of carbonyl (C=O) groups excluding carboxylic acids is 2. The minimum absolute atomic E-state index is 0.0257. The van der Waals surface area contributed by atoms with Crippen LogP contribution >= 0.6 is 0 Å². The summed E-state index contributed by atoms with van der Waals surface area (Å²) in [6.45, 7) is 3.07. The zero-order chi connectivity index (χ0) is 21.3.